The first-order valence-corrected chi connectivity index (χ1v) is 7.23. The Bertz CT molecular complexity index is 569. The minimum atomic E-state index is -3.75. The summed E-state index contributed by atoms with van der Waals surface area (Å²) in [5.41, 5.74) is 5.44. The second-order valence-electron chi connectivity index (χ2n) is 4.32. The molecule has 1 aromatic rings. The van der Waals surface area contributed by atoms with Crippen molar-refractivity contribution < 1.29 is 13.3 Å². The van der Waals surface area contributed by atoms with E-state index < -0.39 is 14.9 Å². The largest absolute Gasteiger partial charge is 0.328 e. The Morgan fingerprint density at radius 3 is 2.63 bits per heavy atom. The van der Waals surface area contributed by atoms with Crippen molar-refractivity contribution in [3.8, 4) is 0 Å². The van der Waals surface area contributed by atoms with Gasteiger partial charge in [-0.3, -0.25) is 10.1 Å². The van der Waals surface area contributed by atoms with E-state index in [1.165, 1.54) is 25.1 Å². The maximum absolute atomic E-state index is 12.0. The molecule has 0 aliphatic rings. The van der Waals surface area contributed by atoms with Gasteiger partial charge in [0.25, 0.3) is 5.69 Å². The first kappa shape index (κ1) is 15.5. The van der Waals surface area contributed by atoms with E-state index in [0.29, 0.717) is 6.42 Å². The van der Waals surface area contributed by atoms with Crippen molar-refractivity contribution in [3.05, 3.63) is 33.9 Å². The maximum atomic E-state index is 12.0. The number of hydrogen-bond donors (Lipinski definition) is 2. The molecule has 1 rings (SSSR count). The van der Waals surface area contributed by atoms with Gasteiger partial charge in [0.1, 0.15) is 0 Å². The van der Waals surface area contributed by atoms with Gasteiger partial charge in [-0.15, -0.1) is 0 Å². The molecule has 1 aromatic carbocycles. The SMILES string of the molecule is Cc1c([N+](=O)[O-])cccc1S(=O)(=O)NCCC(C)N. The number of sulfonamides is 1. The Hall–Kier alpha value is -1.51. The average molecular weight is 287 g/mol. The lowest BCUT2D eigenvalue weighted by molar-refractivity contribution is -0.385. The van der Waals surface area contributed by atoms with Crippen LogP contribution in [-0.2, 0) is 10.0 Å². The lowest BCUT2D eigenvalue weighted by Gasteiger charge is -2.10. The molecule has 0 amide bonds. The fourth-order valence-corrected chi connectivity index (χ4v) is 2.90. The van der Waals surface area contributed by atoms with Crippen molar-refractivity contribution in [3.63, 3.8) is 0 Å². The van der Waals surface area contributed by atoms with Gasteiger partial charge in [-0.25, -0.2) is 13.1 Å². The van der Waals surface area contributed by atoms with Crippen molar-refractivity contribution in [2.75, 3.05) is 6.54 Å². The Morgan fingerprint density at radius 1 is 1.47 bits per heavy atom. The van der Waals surface area contributed by atoms with Crippen LogP contribution in [0.5, 0.6) is 0 Å². The molecule has 8 heteroatoms. The number of benzene rings is 1. The van der Waals surface area contributed by atoms with Gasteiger partial charge in [0.2, 0.25) is 10.0 Å². The number of nitro benzene ring substituents is 1. The van der Waals surface area contributed by atoms with Crippen LogP contribution in [0.1, 0.15) is 18.9 Å². The van der Waals surface area contributed by atoms with Gasteiger partial charge in [0.15, 0.2) is 0 Å². The Morgan fingerprint density at radius 2 is 2.11 bits per heavy atom. The number of nitrogens with one attached hydrogen (secondary N) is 1. The molecule has 0 aliphatic carbocycles. The molecule has 0 saturated heterocycles. The molecule has 0 aliphatic heterocycles. The summed E-state index contributed by atoms with van der Waals surface area (Å²) >= 11 is 0. The van der Waals surface area contributed by atoms with Crippen molar-refractivity contribution in [2.45, 2.75) is 31.2 Å². The third-order valence-electron chi connectivity index (χ3n) is 2.63. The molecule has 19 heavy (non-hydrogen) atoms. The zero-order chi connectivity index (χ0) is 14.6. The lowest BCUT2D eigenvalue weighted by atomic mass is 10.2. The highest BCUT2D eigenvalue weighted by atomic mass is 32.2. The number of nitro groups is 1. The van der Waals surface area contributed by atoms with Crippen LogP contribution in [0.4, 0.5) is 5.69 Å². The average Bonchev–Trinajstić information content (AvgIpc) is 2.27. The smallest absolute Gasteiger partial charge is 0.273 e. The molecule has 7 nitrogen and oxygen atoms in total. The molecule has 0 radical (unpaired) electrons. The number of nitrogens with two attached hydrogens (primary N) is 1. The van der Waals surface area contributed by atoms with E-state index in [-0.39, 0.29) is 28.7 Å². The topological polar surface area (TPSA) is 115 Å². The van der Waals surface area contributed by atoms with E-state index in [1.54, 1.807) is 6.92 Å². The first-order chi connectivity index (χ1) is 8.75. The molecule has 0 spiro atoms. The van der Waals surface area contributed by atoms with Gasteiger partial charge in [-0.1, -0.05) is 6.07 Å². The van der Waals surface area contributed by atoms with E-state index in [4.69, 9.17) is 5.73 Å². The molecule has 1 atom stereocenters. The van der Waals surface area contributed by atoms with E-state index in [9.17, 15) is 18.5 Å². The summed E-state index contributed by atoms with van der Waals surface area (Å²) in [6.45, 7) is 3.38. The van der Waals surface area contributed by atoms with Gasteiger partial charge in [-0.2, -0.15) is 0 Å². The van der Waals surface area contributed by atoms with Gasteiger partial charge >= 0.3 is 0 Å². The molecular formula is C11H17N3O4S. The van der Waals surface area contributed by atoms with Crippen LogP contribution < -0.4 is 10.5 Å². The summed E-state index contributed by atoms with van der Waals surface area (Å²) in [4.78, 5) is 10.1. The molecule has 1 unspecified atom stereocenters. The van der Waals surface area contributed by atoms with Crippen LogP contribution in [0.15, 0.2) is 23.1 Å². The van der Waals surface area contributed by atoms with Crippen LogP contribution in [0.2, 0.25) is 0 Å². The number of nitrogens with zero attached hydrogens (tertiary/aromatic N) is 1. The molecule has 3 N–H and O–H groups in total. The molecule has 0 heterocycles. The molecule has 0 bridgehead atoms. The van der Waals surface area contributed by atoms with Crippen molar-refractivity contribution in [1.29, 1.82) is 0 Å². The standard InChI is InChI=1S/C11H17N3O4S/c1-8(12)6-7-13-19(17,18)11-5-3-4-10(9(11)2)14(15)16/h3-5,8,13H,6-7,12H2,1-2H3. The molecule has 0 fully saturated rings. The highest BCUT2D eigenvalue weighted by molar-refractivity contribution is 7.89. The fraction of sp³-hybridized carbons (Fsp3) is 0.455. The van der Waals surface area contributed by atoms with Crippen LogP contribution in [-0.4, -0.2) is 25.9 Å². The summed E-state index contributed by atoms with van der Waals surface area (Å²) in [7, 11) is -3.75. The molecule has 106 valence electrons. The number of hydrogen-bond acceptors (Lipinski definition) is 5. The first-order valence-electron chi connectivity index (χ1n) is 5.75. The third-order valence-corrected chi connectivity index (χ3v) is 4.24. The second-order valence-corrected chi connectivity index (χ2v) is 6.06. The van der Waals surface area contributed by atoms with E-state index in [2.05, 4.69) is 4.72 Å². The lowest BCUT2D eigenvalue weighted by Crippen LogP contribution is -2.29. The predicted octanol–water partition coefficient (Wildman–Crippen LogP) is 0.919. The highest BCUT2D eigenvalue weighted by Gasteiger charge is 2.22. The van der Waals surface area contributed by atoms with Gasteiger partial charge in [0.05, 0.1) is 9.82 Å². The number of rotatable bonds is 6. The minimum Gasteiger partial charge on any atom is -0.328 e. The van der Waals surface area contributed by atoms with Crippen LogP contribution in [0.3, 0.4) is 0 Å². The Balaban J connectivity index is 3.02. The summed E-state index contributed by atoms with van der Waals surface area (Å²) < 4.78 is 26.5. The zero-order valence-electron chi connectivity index (χ0n) is 10.8. The van der Waals surface area contributed by atoms with Crippen molar-refractivity contribution >= 4 is 15.7 Å². The van der Waals surface area contributed by atoms with Crippen molar-refractivity contribution in [1.82, 2.24) is 4.72 Å². The third kappa shape index (κ3) is 3.98. The minimum absolute atomic E-state index is 0.0774. The highest BCUT2D eigenvalue weighted by Crippen LogP contribution is 2.24. The van der Waals surface area contributed by atoms with Gasteiger partial charge in [-0.05, 0) is 26.3 Å². The molecule has 0 saturated carbocycles. The molecule has 0 aromatic heterocycles. The monoisotopic (exact) mass is 287 g/mol. The molecular weight excluding hydrogens is 270 g/mol. The summed E-state index contributed by atoms with van der Waals surface area (Å²) in [5, 5.41) is 10.8. The Labute approximate surface area is 112 Å². The summed E-state index contributed by atoms with van der Waals surface area (Å²) in [6.07, 6.45) is 0.493. The summed E-state index contributed by atoms with van der Waals surface area (Å²) in [6, 6.07) is 3.85. The zero-order valence-corrected chi connectivity index (χ0v) is 11.6. The van der Waals surface area contributed by atoms with Gasteiger partial charge in [0, 0.05) is 24.2 Å². The fourth-order valence-electron chi connectivity index (χ4n) is 1.59. The van der Waals surface area contributed by atoms with Crippen LogP contribution >= 0.6 is 0 Å². The van der Waals surface area contributed by atoms with E-state index in [0.717, 1.165) is 0 Å². The van der Waals surface area contributed by atoms with Crippen LogP contribution in [0.25, 0.3) is 0 Å². The van der Waals surface area contributed by atoms with E-state index in [1.807, 2.05) is 0 Å². The van der Waals surface area contributed by atoms with Crippen LogP contribution in [0, 0.1) is 17.0 Å². The quantitative estimate of drug-likeness (QED) is 0.596. The summed E-state index contributed by atoms with van der Waals surface area (Å²) in [5.74, 6) is 0. The predicted molar refractivity (Wildman–Crippen MR) is 71.3 cm³/mol. The Kier molecular flexibility index (Phi) is 4.98. The normalized spacial score (nSPS) is 13.2. The second kappa shape index (κ2) is 6.09. The maximum Gasteiger partial charge on any atom is 0.273 e. The van der Waals surface area contributed by atoms with Crippen molar-refractivity contribution in [2.24, 2.45) is 5.73 Å². The van der Waals surface area contributed by atoms with Gasteiger partial charge < -0.3 is 5.73 Å². The van der Waals surface area contributed by atoms with E-state index >= 15 is 0 Å².